The number of nitrogens with zero attached hydrogens (tertiary/aromatic N) is 1. The molecular formula is C14H12Br2ClNO5. The van der Waals surface area contributed by atoms with Gasteiger partial charge < -0.3 is 19.1 Å². The fourth-order valence-electron chi connectivity index (χ4n) is 2.05. The Bertz CT molecular complexity index is 669. The first kappa shape index (κ1) is 18.3. The van der Waals surface area contributed by atoms with Gasteiger partial charge in [-0.3, -0.25) is 0 Å². The number of carbonyl (C=O) groups excluding carboxylic acids is 2. The monoisotopic (exact) mass is 467 g/mol. The lowest BCUT2D eigenvalue weighted by atomic mass is 10.1. The van der Waals surface area contributed by atoms with Crippen molar-refractivity contribution < 1.29 is 23.8 Å². The van der Waals surface area contributed by atoms with E-state index in [4.69, 9.17) is 25.8 Å². The second kappa shape index (κ2) is 7.65. The number of methoxy groups -OCH3 is 2. The Hall–Kier alpha value is -1.09. The van der Waals surface area contributed by atoms with Gasteiger partial charge in [-0.2, -0.15) is 0 Å². The summed E-state index contributed by atoms with van der Waals surface area (Å²) in [7, 11) is 2.48. The van der Waals surface area contributed by atoms with Crippen LogP contribution in [0, 0.1) is 0 Å². The smallest absolute Gasteiger partial charge is 0.355 e. The zero-order valence-electron chi connectivity index (χ0n) is 12.2. The Morgan fingerprint density at radius 1 is 1.17 bits per heavy atom. The minimum atomic E-state index is -0.657. The predicted octanol–water partition coefficient (Wildman–Crippen LogP) is 3.26. The molecule has 23 heavy (non-hydrogen) atoms. The van der Waals surface area contributed by atoms with E-state index < -0.39 is 11.9 Å². The third kappa shape index (κ3) is 3.71. The number of benzene rings is 1. The van der Waals surface area contributed by atoms with Gasteiger partial charge in [0.2, 0.25) is 0 Å². The molecule has 0 bridgehead atoms. The van der Waals surface area contributed by atoms with Crippen LogP contribution in [0.3, 0.4) is 0 Å². The van der Waals surface area contributed by atoms with Gasteiger partial charge in [0.1, 0.15) is 12.4 Å². The number of anilines is 1. The second-order valence-corrected chi connectivity index (χ2v) is 6.53. The molecule has 6 nitrogen and oxygen atoms in total. The molecule has 0 aliphatic carbocycles. The molecule has 0 spiro atoms. The molecule has 0 unspecified atom stereocenters. The van der Waals surface area contributed by atoms with Gasteiger partial charge in [-0.15, -0.1) is 0 Å². The minimum absolute atomic E-state index is 0.0382. The molecule has 2 rings (SSSR count). The molecule has 0 fully saturated rings. The molecule has 1 aliphatic heterocycles. The van der Waals surface area contributed by atoms with Gasteiger partial charge in [0, 0.05) is 14.6 Å². The van der Waals surface area contributed by atoms with Gasteiger partial charge in [-0.05, 0) is 44.0 Å². The van der Waals surface area contributed by atoms with Crippen LogP contribution in [0.2, 0.25) is 5.02 Å². The first-order chi connectivity index (χ1) is 10.9. The van der Waals surface area contributed by atoms with Crippen molar-refractivity contribution in [1.29, 1.82) is 0 Å². The Morgan fingerprint density at radius 3 is 2.26 bits per heavy atom. The molecule has 0 atom stereocenters. The molecule has 0 radical (unpaired) electrons. The first-order valence-corrected chi connectivity index (χ1v) is 8.26. The van der Waals surface area contributed by atoms with E-state index in [1.807, 2.05) is 0 Å². The number of esters is 2. The summed E-state index contributed by atoms with van der Waals surface area (Å²) >= 11 is 12.8. The van der Waals surface area contributed by atoms with E-state index >= 15 is 0 Å². The third-order valence-corrected chi connectivity index (χ3v) is 5.23. The van der Waals surface area contributed by atoms with Gasteiger partial charge in [0.25, 0.3) is 0 Å². The van der Waals surface area contributed by atoms with E-state index in [2.05, 4.69) is 31.9 Å². The van der Waals surface area contributed by atoms with Crippen LogP contribution in [0.15, 0.2) is 32.3 Å². The highest BCUT2D eigenvalue weighted by atomic mass is 79.9. The molecular weight excluding hydrogens is 457 g/mol. The van der Waals surface area contributed by atoms with Crippen molar-refractivity contribution in [3.05, 3.63) is 37.4 Å². The number of hydrogen-bond donors (Lipinski definition) is 0. The highest BCUT2D eigenvalue weighted by Gasteiger charge is 2.32. The molecule has 9 heteroatoms. The van der Waals surface area contributed by atoms with Crippen molar-refractivity contribution >= 4 is 61.1 Å². The zero-order valence-corrected chi connectivity index (χ0v) is 16.1. The SMILES string of the molecule is COC(=O)C1=C(C(=O)OC)N(c2cc(Br)c(Cl)c(Br)c2)COC1. The predicted molar refractivity (Wildman–Crippen MR) is 91.2 cm³/mol. The summed E-state index contributed by atoms with van der Waals surface area (Å²) in [5, 5.41) is 0.489. The highest BCUT2D eigenvalue weighted by Crippen LogP contribution is 2.37. The van der Waals surface area contributed by atoms with Crippen LogP contribution in [0.1, 0.15) is 0 Å². The number of rotatable bonds is 3. The van der Waals surface area contributed by atoms with Crippen LogP contribution < -0.4 is 4.90 Å². The second-order valence-electron chi connectivity index (χ2n) is 4.44. The van der Waals surface area contributed by atoms with Crippen molar-refractivity contribution in [1.82, 2.24) is 0 Å². The van der Waals surface area contributed by atoms with Crippen LogP contribution in [-0.4, -0.2) is 39.5 Å². The third-order valence-electron chi connectivity index (χ3n) is 3.11. The Morgan fingerprint density at radius 2 is 1.74 bits per heavy atom. The van der Waals surface area contributed by atoms with Crippen molar-refractivity contribution in [2.24, 2.45) is 0 Å². The van der Waals surface area contributed by atoms with Gasteiger partial charge >= 0.3 is 11.9 Å². The van der Waals surface area contributed by atoms with E-state index in [1.165, 1.54) is 19.1 Å². The Balaban J connectivity index is 2.59. The molecule has 1 aromatic carbocycles. The maximum absolute atomic E-state index is 12.2. The average Bonchev–Trinajstić information content (AvgIpc) is 2.57. The lowest BCUT2D eigenvalue weighted by Crippen LogP contribution is -2.38. The van der Waals surface area contributed by atoms with E-state index in [0.29, 0.717) is 19.7 Å². The van der Waals surface area contributed by atoms with Gasteiger partial charge in [-0.25, -0.2) is 9.59 Å². The van der Waals surface area contributed by atoms with Crippen LogP contribution in [-0.2, 0) is 23.8 Å². The Labute approximate surface area is 154 Å². The fourth-order valence-corrected chi connectivity index (χ4v) is 3.32. The summed E-state index contributed by atoms with van der Waals surface area (Å²) in [6.45, 7) is 0.0367. The molecule has 0 saturated carbocycles. The number of carbonyl (C=O) groups is 2. The quantitative estimate of drug-likeness (QED) is 0.500. The molecule has 0 amide bonds. The van der Waals surface area contributed by atoms with E-state index in [9.17, 15) is 9.59 Å². The maximum Gasteiger partial charge on any atom is 0.355 e. The summed E-state index contributed by atoms with van der Waals surface area (Å²) in [6, 6.07) is 3.42. The highest BCUT2D eigenvalue weighted by molar-refractivity contribution is 9.11. The average molecular weight is 470 g/mol. The molecule has 1 heterocycles. The van der Waals surface area contributed by atoms with Crippen molar-refractivity contribution in [3.8, 4) is 0 Å². The number of halogens is 3. The molecule has 0 N–H and O–H groups in total. The number of hydrogen-bond acceptors (Lipinski definition) is 6. The maximum atomic E-state index is 12.2. The topological polar surface area (TPSA) is 65.1 Å². The molecule has 124 valence electrons. The number of ether oxygens (including phenoxy) is 3. The fraction of sp³-hybridized carbons (Fsp3) is 0.286. The summed E-state index contributed by atoms with van der Waals surface area (Å²) in [5.41, 5.74) is 0.758. The zero-order chi connectivity index (χ0) is 17.1. The lowest BCUT2D eigenvalue weighted by Gasteiger charge is -2.31. The molecule has 1 aromatic rings. The summed E-state index contributed by atoms with van der Waals surface area (Å²) in [4.78, 5) is 25.6. The van der Waals surface area contributed by atoms with Gasteiger partial charge in [0.05, 0.1) is 31.4 Å². The molecule has 0 aromatic heterocycles. The summed E-state index contributed by atoms with van der Waals surface area (Å²) < 4.78 is 16.2. The standard InChI is InChI=1S/C14H12Br2ClNO5/c1-21-13(19)8-5-23-6-18(12(8)14(20)22-2)7-3-9(15)11(17)10(16)4-7/h3-4H,5-6H2,1-2H3. The van der Waals surface area contributed by atoms with E-state index in [-0.39, 0.29) is 24.6 Å². The van der Waals surface area contributed by atoms with Crippen LogP contribution in [0.5, 0.6) is 0 Å². The van der Waals surface area contributed by atoms with Crippen molar-refractivity contribution in [2.75, 3.05) is 32.5 Å². The molecule has 1 aliphatic rings. The summed E-state index contributed by atoms with van der Waals surface area (Å²) in [5.74, 6) is -1.31. The van der Waals surface area contributed by atoms with Gasteiger partial charge in [-0.1, -0.05) is 11.6 Å². The van der Waals surface area contributed by atoms with Crippen molar-refractivity contribution in [3.63, 3.8) is 0 Å². The summed E-state index contributed by atoms with van der Waals surface area (Å²) in [6.07, 6.45) is 0. The lowest BCUT2D eigenvalue weighted by molar-refractivity contribution is -0.140. The molecule has 0 saturated heterocycles. The van der Waals surface area contributed by atoms with Gasteiger partial charge in [0.15, 0.2) is 0 Å². The first-order valence-electron chi connectivity index (χ1n) is 6.30. The van der Waals surface area contributed by atoms with Crippen molar-refractivity contribution in [2.45, 2.75) is 0 Å². The van der Waals surface area contributed by atoms with E-state index in [0.717, 1.165) is 0 Å². The Kier molecular flexibility index (Phi) is 6.07. The minimum Gasteiger partial charge on any atom is -0.466 e. The van der Waals surface area contributed by atoms with E-state index in [1.54, 1.807) is 12.1 Å². The largest absolute Gasteiger partial charge is 0.466 e. The normalized spacial score (nSPS) is 14.7. The van der Waals surface area contributed by atoms with Crippen LogP contribution >= 0.6 is 43.5 Å². The van der Waals surface area contributed by atoms with Crippen LogP contribution in [0.25, 0.3) is 0 Å². The van der Waals surface area contributed by atoms with Crippen LogP contribution in [0.4, 0.5) is 5.69 Å².